The Morgan fingerprint density at radius 3 is 2.69 bits per heavy atom. The molecule has 0 aliphatic heterocycles. The molecule has 16 heavy (non-hydrogen) atoms. The largest absolute Gasteiger partial charge is 0.329 e. The first-order valence-electron chi connectivity index (χ1n) is 5.59. The molecule has 2 nitrogen and oxygen atoms in total. The molecule has 3 N–H and O–H groups in total. The number of halogens is 2. The van der Waals surface area contributed by atoms with Crippen molar-refractivity contribution < 1.29 is 0 Å². The second-order valence-electron chi connectivity index (χ2n) is 4.31. The van der Waals surface area contributed by atoms with E-state index in [0.717, 1.165) is 18.0 Å². The van der Waals surface area contributed by atoms with E-state index in [1.54, 1.807) is 6.07 Å². The van der Waals surface area contributed by atoms with Gasteiger partial charge < -0.3 is 11.1 Å². The van der Waals surface area contributed by atoms with Crippen LogP contribution in [0.15, 0.2) is 18.2 Å². The van der Waals surface area contributed by atoms with Gasteiger partial charge >= 0.3 is 0 Å². The Balaban J connectivity index is 2.05. The van der Waals surface area contributed by atoms with Crippen molar-refractivity contribution in [3.8, 4) is 0 Å². The molecule has 0 bridgehead atoms. The zero-order valence-electron chi connectivity index (χ0n) is 9.05. The molecule has 0 radical (unpaired) electrons. The van der Waals surface area contributed by atoms with E-state index in [1.807, 2.05) is 12.1 Å². The summed E-state index contributed by atoms with van der Waals surface area (Å²) in [4.78, 5) is 0. The van der Waals surface area contributed by atoms with Crippen molar-refractivity contribution in [2.45, 2.75) is 18.9 Å². The fraction of sp³-hybridized carbons (Fsp3) is 0.500. The van der Waals surface area contributed by atoms with Crippen molar-refractivity contribution in [3.63, 3.8) is 0 Å². The molecule has 2 rings (SSSR count). The fourth-order valence-electron chi connectivity index (χ4n) is 1.74. The molecule has 0 amide bonds. The maximum absolute atomic E-state index is 6.15. The Hall–Kier alpha value is -0.280. The predicted molar refractivity (Wildman–Crippen MR) is 69.0 cm³/mol. The minimum absolute atomic E-state index is 0.130. The van der Waals surface area contributed by atoms with E-state index in [0.29, 0.717) is 16.6 Å². The van der Waals surface area contributed by atoms with Crippen LogP contribution in [-0.2, 0) is 0 Å². The number of hydrogen-bond acceptors (Lipinski definition) is 2. The standard InChI is InChI=1S/C12H16Cl2N2/c13-9-3-4-10(11(14)5-9)12(6-15)16-7-8-1-2-8/h3-5,8,12,16H,1-2,6-7,15H2. The van der Waals surface area contributed by atoms with Gasteiger partial charge in [0, 0.05) is 22.6 Å². The SMILES string of the molecule is NCC(NCC1CC1)c1ccc(Cl)cc1Cl. The van der Waals surface area contributed by atoms with E-state index in [9.17, 15) is 0 Å². The monoisotopic (exact) mass is 258 g/mol. The molecule has 4 heteroatoms. The molecule has 1 atom stereocenters. The third kappa shape index (κ3) is 3.11. The maximum Gasteiger partial charge on any atom is 0.0469 e. The summed E-state index contributed by atoms with van der Waals surface area (Å²) in [7, 11) is 0. The average Bonchev–Trinajstić information content (AvgIpc) is 3.05. The van der Waals surface area contributed by atoms with E-state index in [-0.39, 0.29) is 6.04 Å². The summed E-state index contributed by atoms with van der Waals surface area (Å²) >= 11 is 12.0. The molecule has 1 saturated carbocycles. The van der Waals surface area contributed by atoms with Crippen LogP contribution in [0.2, 0.25) is 10.0 Å². The highest BCUT2D eigenvalue weighted by Gasteiger charge is 2.22. The zero-order valence-corrected chi connectivity index (χ0v) is 10.6. The van der Waals surface area contributed by atoms with Crippen molar-refractivity contribution in [1.82, 2.24) is 5.32 Å². The third-order valence-electron chi connectivity index (χ3n) is 2.92. The van der Waals surface area contributed by atoms with E-state index in [4.69, 9.17) is 28.9 Å². The molecule has 0 heterocycles. The summed E-state index contributed by atoms with van der Waals surface area (Å²) in [5, 5.41) is 4.80. The average molecular weight is 259 g/mol. The lowest BCUT2D eigenvalue weighted by Crippen LogP contribution is -2.30. The van der Waals surface area contributed by atoms with Gasteiger partial charge in [0.25, 0.3) is 0 Å². The van der Waals surface area contributed by atoms with E-state index in [2.05, 4.69) is 5.32 Å². The first kappa shape index (κ1) is 12.2. The number of hydrogen-bond donors (Lipinski definition) is 2. The lowest BCUT2D eigenvalue weighted by molar-refractivity contribution is 0.522. The second kappa shape index (κ2) is 5.37. The normalized spacial score (nSPS) is 17.4. The molecule has 0 spiro atoms. The summed E-state index contributed by atoms with van der Waals surface area (Å²) in [6, 6.07) is 5.69. The number of benzene rings is 1. The van der Waals surface area contributed by atoms with E-state index >= 15 is 0 Å². The van der Waals surface area contributed by atoms with Gasteiger partial charge in [-0.15, -0.1) is 0 Å². The summed E-state index contributed by atoms with van der Waals surface area (Å²) in [5.74, 6) is 0.833. The van der Waals surface area contributed by atoms with Crippen LogP contribution < -0.4 is 11.1 Å². The summed E-state index contributed by atoms with van der Waals surface area (Å²) in [5.41, 5.74) is 6.80. The summed E-state index contributed by atoms with van der Waals surface area (Å²) in [6.07, 6.45) is 2.66. The molecule has 1 unspecified atom stereocenters. The van der Waals surface area contributed by atoms with Crippen LogP contribution in [-0.4, -0.2) is 13.1 Å². The van der Waals surface area contributed by atoms with Crippen molar-refractivity contribution in [2.75, 3.05) is 13.1 Å². The number of nitrogens with two attached hydrogens (primary N) is 1. The molecule has 1 aliphatic rings. The smallest absolute Gasteiger partial charge is 0.0469 e. The van der Waals surface area contributed by atoms with Gasteiger partial charge in [-0.2, -0.15) is 0 Å². The molecule has 1 aromatic rings. The minimum Gasteiger partial charge on any atom is -0.329 e. The zero-order chi connectivity index (χ0) is 11.5. The Bertz CT molecular complexity index is 364. The second-order valence-corrected chi connectivity index (χ2v) is 5.15. The molecule has 88 valence electrons. The highest BCUT2D eigenvalue weighted by atomic mass is 35.5. The quantitative estimate of drug-likeness (QED) is 0.853. The van der Waals surface area contributed by atoms with Crippen molar-refractivity contribution in [1.29, 1.82) is 0 Å². The molecule has 0 aromatic heterocycles. The van der Waals surface area contributed by atoms with Crippen LogP contribution >= 0.6 is 23.2 Å². The fourth-order valence-corrected chi connectivity index (χ4v) is 2.28. The van der Waals surface area contributed by atoms with E-state index in [1.165, 1.54) is 12.8 Å². The Morgan fingerprint density at radius 2 is 2.12 bits per heavy atom. The lowest BCUT2D eigenvalue weighted by Gasteiger charge is -2.18. The van der Waals surface area contributed by atoms with Gasteiger partial charge in [-0.05, 0) is 43.0 Å². The summed E-state index contributed by atoms with van der Waals surface area (Å²) < 4.78 is 0. The van der Waals surface area contributed by atoms with Crippen LogP contribution in [0.4, 0.5) is 0 Å². The molecule has 1 aliphatic carbocycles. The highest BCUT2D eigenvalue weighted by molar-refractivity contribution is 6.35. The van der Waals surface area contributed by atoms with Crippen LogP contribution in [0.1, 0.15) is 24.4 Å². The Kier molecular flexibility index (Phi) is 4.09. The van der Waals surface area contributed by atoms with Crippen LogP contribution in [0.25, 0.3) is 0 Å². The van der Waals surface area contributed by atoms with Crippen molar-refractivity contribution in [2.24, 2.45) is 11.7 Å². The predicted octanol–water partition coefficient (Wildman–Crippen LogP) is 2.99. The van der Waals surface area contributed by atoms with Crippen molar-refractivity contribution in [3.05, 3.63) is 33.8 Å². The van der Waals surface area contributed by atoms with Crippen LogP contribution in [0, 0.1) is 5.92 Å². The Labute approximate surface area is 106 Å². The first-order chi connectivity index (χ1) is 7.70. The van der Waals surface area contributed by atoms with Crippen molar-refractivity contribution >= 4 is 23.2 Å². The maximum atomic E-state index is 6.15. The Morgan fingerprint density at radius 1 is 1.38 bits per heavy atom. The van der Waals surface area contributed by atoms with Crippen LogP contribution in [0.3, 0.4) is 0 Å². The number of rotatable bonds is 5. The van der Waals surface area contributed by atoms with Gasteiger partial charge in [-0.1, -0.05) is 29.3 Å². The molecular formula is C12H16Cl2N2. The van der Waals surface area contributed by atoms with Crippen LogP contribution in [0.5, 0.6) is 0 Å². The van der Waals surface area contributed by atoms with Gasteiger partial charge in [-0.25, -0.2) is 0 Å². The lowest BCUT2D eigenvalue weighted by atomic mass is 10.1. The molecule has 0 saturated heterocycles. The van der Waals surface area contributed by atoms with Gasteiger partial charge in [0.2, 0.25) is 0 Å². The van der Waals surface area contributed by atoms with Gasteiger partial charge in [0.05, 0.1) is 0 Å². The van der Waals surface area contributed by atoms with E-state index < -0.39 is 0 Å². The minimum atomic E-state index is 0.130. The number of nitrogens with one attached hydrogen (secondary N) is 1. The molecule has 1 aromatic carbocycles. The van der Waals surface area contributed by atoms with Gasteiger partial charge in [0.1, 0.15) is 0 Å². The molecule has 1 fully saturated rings. The van der Waals surface area contributed by atoms with Gasteiger partial charge in [-0.3, -0.25) is 0 Å². The summed E-state index contributed by atoms with van der Waals surface area (Å²) in [6.45, 7) is 1.58. The first-order valence-corrected chi connectivity index (χ1v) is 6.34. The molecular weight excluding hydrogens is 243 g/mol. The highest BCUT2D eigenvalue weighted by Crippen LogP contribution is 2.30. The van der Waals surface area contributed by atoms with Gasteiger partial charge in [0.15, 0.2) is 0 Å². The third-order valence-corrected chi connectivity index (χ3v) is 3.49. The topological polar surface area (TPSA) is 38.0 Å².